The van der Waals surface area contributed by atoms with E-state index in [0.29, 0.717) is 0 Å². The van der Waals surface area contributed by atoms with E-state index in [2.05, 4.69) is 0 Å². The number of hydrogen-bond donors (Lipinski definition) is 0. The Morgan fingerprint density at radius 2 is 1.77 bits per heavy atom. The molecule has 1 amide bonds. The number of benzene rings is 1. The van der Waals surface area contributed by atoms with Crippen molar-refractivity contribution in [2.24, 2.45) is 0 Å². The van der Waals surface area contributed by atoms with Crippen molar-refractivity contribution in [2.45, 2.75) is 0 Å². The third-order valence-electron chi connectivity index (χ3n) is 2.02. The van der Waals surface area contributed by atoms with Crippen LogP contribution in [-0.2, 0) is 4.79 Å². The lowest BCUT2D eigenvalue weighted by Crippen LogP contribution is -2.26. The fraction of sp³-hybridized carbons (Fsp3) is 0.100. The van der Waals surface area contributed by atoms with Crippen molar-refractivity contribution in [3.63, 3.8) is 0 Å². The minimum absolute atomic E-state index is 1.12. The largest absolute Gasteiger partial charge is 0.332 e. The summed E-state index contributed by atoms with van der Waals surface area (Å²) in [4.78, 5) is 10.4. The monoisotopic (exact) mass is 173 g/mol. The molecule has 0 bridgehead atoms. The molecule has 0 saturated carbocycles. The van der Waals surface area contributed by atoms with Crippen LogP contribution in [0.2, 0.25) is 0 Å². The number of carbonyl (C=O) groups excluding carboxylic acids is 1. The number of nitrogens with zero attached hydrogens (tertiary/aromatic N) is 2. The van der Waals surface area contributed by atoms with Crippen molar-refractivity contribution >= 4 is 17.2 Å². The smallest absolute Gasteiger partial charge is 0.264 e. The van der Waals surface area contributed by atoms with E-state index in [1.807, 2.05) is 36.7 Å². The summed E-state index contributed by atoms with van der Waals surface area (Å²) < 4.78 is 1.71. The van der Waals surface area contributed by atoms with Gasteiger partial charge in [0.2, 0.25) is 0 Å². The van der Waals surface area contributed by atoms with E-state index in [4.69, 9.17) is 0 Å². The van der Waals surface area contributed by atoms with E-state index in [-0.39, 0.29) is 0 Å². The second-order valence-corrected chi connectivity index (χ2v) is 2.88. The summed E-state index contributed by atoms with van der Waals surface area (Å²) in [5.41, 5.74) is 0. The van der Waals surface area contributed by atoms with Gasteiger partial charge in [-0.05, 0) is 0 Å². The Labute approximate surface area is 76.2 Å². The number of fused-ring (bicyclic) bond motifs is 1. The number of amides is 1. The van der Waals surface area contributed by atoms with Gasteiger partial charge < -0.3 is 0 Å². The molecule has 3 heteroatoms. The highest BCUT2D eigenvalue weighted by Crippen LogP contribution is 2.13. The van der Waals surface area contributed by atoms with E-state index in [0.717, 1.165) is 10.8 Å². The van der Waals surface area contributed by atoms with Crippen LogP contribution in [0.5, 0.6) is 0 Å². The summed E-state index contributed by atoms with van der Waals surface area (Å²) in [6, 6.07) is 7.95. The molecule has 0 fully saturated rings. The summed E-state index contributed by atoms with van der Waals surface area (Å²) >= 11 is 0. The predicted octanol–water partition coefficient (Wildman–Crippen LogP) is 1.28. The average Bonchev–Trinajstić information content (AvgIpc) is 2.59. The zero-order valence-electron chi connectivity index (χ0n) is 7.27. The Morgan fingerprint density at radius 3 is 2.23 bits per heavy atom. The zero-order chi connectivity index (χ0) is 9.26. The molecule has 1 aromatic heterocycles. The summed E-state index contributed by atoms with van der Waals surface area (Å²) in [5.74, 6) is 0. The van der Waals surface area contributed by atoms with Crippen LogP contribution >= 0.6 is 0 Å². The van der Waals surface area contributed by atoms with Crippen LogP contribution in [0.1, 0.15) is 0 Å². The molecule has 2 rings (SSSR count). The Morgan fingerprint density at radius 1 is 1.23 bits per heavy atom. The van der Waals surface area contributed by atoms with Crippen molar-refractivity contribution in [2.75, 3.05) is 12.1 Å². The van der Waals surface area contributed by atoms with Gasteiger partial charge in [0.15, 0.2) is 0 Å². The standard InChI is InChI=1S/C10H9N2O/c1-11(8-13)12-6-9-4-2-3-5-10(9)7-12/h2-7H,1H3. The van der Waals surface area contributed by atoms with Gasteiger partial charge in [0.25, 0.3) is 0 Å². The molecule has 0 saturated heterocycles. The molecule has 1 aromatic carbocycles. The van der Waals surface area contributed by atoms with Gasteiger partial charge in [-0.25, -0.2) is 5.01 Å². The second-order valence-electron chi connectivity index (χ2n) is 2.88. The fourth-order valence-electron chi connectivity index (χ4n) is 1.29. The summed E-state index contributed by atoms with van der Waals surface area (Å²) in [7, 11) is 1.66. The van der Waals surface area contributed by atoms with Gasteiger partial charge in [0.05, 0.1) is 0 Å². The molecule has 0 aliphatic heterocycles. The van der Waals surface area contributed by atoms with Crippen LogP contribution in [-0.4, -0.2) is 18.1 Å². The fourth-order valence-corrected chi connectivity index (χ4v) is 1.29. The first-order valence-electron chi connectivity index (χ1n) is 4.00. The normalized spacial score (nSPS) is 10.2. The number of rotatable bonds is 2. The van der Waals surface area contributed by atoms with Crippen molar-refractivity contribution in [1.82, 2.24) is 4.68 Å². The van der Waals surface area contributed by atoms with Crippen molar-refractivity contribution in [1.29, 1.82) is 0 Å². The third kappa shape index (κ3) is 1.28. The highest BCUT2D eigenvalue weighted by Gasteiger charge is 2.00. The molecule has 0 N–H and O–H groups in total. The van der Waals surface area contributed by atoms with Gasteiger partial charge in [-0.2, -0.15) is 0 Å². The summed E-state index contributed by atoms with van der Waals surface area (Å²) in [6.07, 6.45) is 5.57. The van der Waals surface area contributed by atoms with Crippen LogP contribution in [0, 0.1) is 0 Å². The summed E-state index contributed by atoms with van der Waals surface area (Å²) in [5, 5.41) is 3.59. The maximum Gasteiger partial charge on any atom is 0.332 e. The predicted molar refractivity (Wildman–Crippen MR) is 51.8 cm³/mol. The molecule has 1 heterocycles. The van der Waals surface area contributed by atoms with E-state index >= 15 is 0 Å². The maximum absolute atomic E-state index is 10.4. The minimum atomic E-state index is 1.12. The van der Waals surface area contributed by atoms with Crippen LogP contribution in [0.4, 0.5) is 0 Å². The Balaban J connectivity index is 2.55. The Bertz CT molecular complexity index is 400. The minimum Gasteiger partial charge on any atom is -0.264 e. The average molecular weight is 173 g/mol. The Kier molecular flexibility index (Phi) is 1.77. The highest BCUT2D eigenvalue weighted by molar-refractivity contribution is 5.82. The van der Waals surface area contributed by atoms with Crippen LogP contribution in [0.25, 0.3) is 10.8 Å². The van der Waals surface area contributed by atoms with Crippen molar-refractivity contribution in [3.8, 4) is 0 Å². The highest BCUT2D eigenvalue weighted by atomic mass is 16.1. The van der Waals surface area contributed by atoms with E-state index < -0.39 is 0 Å². The van der Waals surface area contributed by atoms with Crippen LogP contribution in [0.3, 0.4) is 0 Å². The molecular weight excluding hydrogens is 164 g/mol. The third-order valence-corrected chi connectivity index (χ3v) is 2.02. The first kappa shape index (κ1) is 7.86. The first-order valence-corrected chi connectivity index (χ1v) is 4.00. The molecule has 0 unspecified atom stereocenters. The van der Waals surface area contributed by atoms with E-state index in [1.165, 1.54) is 5.01 Å². The van der Waals surface area contributed by atoms with Gasteiger partial charge in [0.1, 0.15) is 0 Å². The lowest BCUT2D eigenvalue weighted by Gasteiger charge is -2.09. The van der Waals surface area contributed by atoms with Crippen molar-refractivity contribution < 1.29 is 4.79 Å². The molecule has 0 spiro atoms. The molecule has 65 valence electrons. The number of aromatic nitrogens is 1. The lowest BCUT2D eigenvalue weighted by atomic mass is 10.2. The molecule has 3 nitrogen and oxygen atoms in total. The second kappa shape index (κ2) is 2.94. The molecule has 0 aliphatic rings. The van der Waals surface area contributed by atoms with Gasteiger partial charge in [-0.15, -0.1) is 0 Å². The first-order chi connectivity index (χ1) is 6.31. The van der Waals surface area contributed by atoms with Crippen molar-refractivity contribution in [3.05, 3.63) is 36.7 Å². The van der Waals surface area contributed by atoms with Crippen LogP contribution < -0.4 is 5.01 Å². The molecule has 0 aliphatic carbocycles. The molecule has 13 heavy (non-hydrogen) atoms. The van der Waals surface area contributed by atoms with Gasteiger partial charge in [-0.1, -0.05) is 24.3 Å². The van der Waals surface area contributed by atoms with Gasteiger partial charge >= 0.3 is 6.41 Å². The van der Waals surface area contributed by atoms with Gasteiger partial charge in [-0.3, -0.25) is 9.47 Å². The number of hydrogen-bond acceptors (Lipinski definition) is 1. The molecule has 0 atom stereocenters. The van der Waals surface area contributed by atoms with Crippen LogP contribution in [0.15, 0.2) is 36.7 Å². The topological polar surface area (TPSA) is 25.2 Å². The van der Waals surface area contributed by atoms with E-state index in [1.54, 1.807) is 18.1 Å². The maximum atomic E-state index is 10.4. The molecular formula is C10H9N2O. The quantitative estimate of drug-likeness (QED) is 0.628. The van der Waals surface area contributed by atoms with Gasteiger partial charge in [0, 0.05) is 30.2 Å². The Hall–Kier alpha value is -1.77. The summed E-state index contributed by atoms with van der Waals surface area (Å²) in [6.45, 7) is 0. The molecule has 2 aromatic rings. The lowest BCUT2D eigenvalue weighted by molar-refractivity contribution is 0.541. The SMILES string of the molecule is CN([C]=O)n1cc2ccccc2c1. The zero-order valence-corrected chi connectivity index (χ0v) is 7.27. The molecule has 1 radical (unpaired) electrons. The van der Waals surface area contributed by atoms with E-state index in [9.17, 15) is 4.79 Å².